The molecular formula is C30H56N2O8+2. The maximum Gasteiger partial charge on any atom is 0.309 e. The number of nitrogens with zero attached hydrogens (tertiary/aromatic N) is 2. The van der Waals surface area contributed by atoms with E-state index in [9.17, 15) is 9.59 Å². The van der Waals surface area contributed by atoms with Gasteiger partial charge in [-0.15, -0.1) is 0 Å². The molecule has 1 aliphatic heterocycles. The second-order valence-corrected chi connectivity index (χ2v) is 12.1. The number of ether oxygens (including phenoxy) is 2. The van der Waals surface area contributed by atoms with Crippen LogP contribution in [0.15, 0.2) is 0 Å². The van der Waals surface area contributed by atoms with E-state index in [4.69, 9.17) is 29.0 Å². The van der Waals surface area contributed by atoms with Gasteiger partial charge >= 0.3 is 11.9 Å². The predicted octanol–water partition coefficient (Wildman–Crippen LogP) is 4.51. The first kappa shape index (κ1) is 33.2. The Bertz CT molecular complexity index is 703. The molecule has 0 aromatic carbocycles. The van der Waals surface area contributed by atoms with Crippen LogP contribution in [0.4, 0.5) is 0 Å². The van der Waals surface area contributed by atoms with E-state index in [1.54, 1.807) is 0 Å². The van der Waals surface area contributed by atoms with Crippen molar-refractivity contribution in [1.29, 1.82) is 0 Å². The van der Waals surface area contributed by atoms with Gasteiger partial charge in [0, 0.05) is 25.7 Å². The van der Waals surface area contributed by atoms with Gasteiger partial charge in [-0.05, 0) is 67.2 Å². The van der Waals surface area contributed by atoms with Gasteiger partial charge in [-0.3, -0.25) is 9.59 Å². The van der Waals surface area contributed by atoms with E-state index in [1.807, 2.05) is 0 Å². The molecular weight excluding hydrogens is 516 g/mol. The summed E-state index contributed by atoms with van der Waals surface area (Å²) in [5, 5.41) is 0. The van der Waals surface area contributed by atoms with Crippen molar-refractivity contribution in [3.63, 3.8) is 0 Å². The average Bonchev–Trinajstić information content (AvgIpc) is 3.00. The van der Waals surface area contributed by atoms with Crippen LogP contribution in [-0.4, -0.2) is 98.1 Å². The molecule has 0 radical (unpaired) electrons. The first-order valence-corrected chi connectivity index (χ1v) is 15.9. The predicted molar refractivity (Wildman–Crippen MR) is 149 cm³/mol. The Morgan fingerprint density at radius 3 is 1.10 bits per heavy atom. The van der Waals surface area contributed by atoms with Gasteiger partial charge in [-0.1, -0.05) is 0 Å². The molecule has 3 rings (SSSR count). The van der Waals surface area contributed by atoms with Crippen LogP contribution in [0, 0.1) is 11.8 Å². The van der Waals surface area contributed by atoms with Crippen molar-refractivity contribution in [2.45, 2.75) is 104 Å². The van der Waals surface area contributed by atoms with Gasteiger partial charge in [0.2, 0.25) is 11.6 Å². The number of quaternary nitrogens is 2. The summed E-state index contributed by atoms with van der Waals surface area (Å²) in [6, 6.07) is 0. The Labute approximate surface area is 241 Å². The van der Waals surface area contributed by atoms with Crippen molar-refractivity contribution >= 4 is 11.9 Å². The highest BCUT2D eigenvalue weighted by Gasteiger charge is 2.53. The highest BCUT2D eigenvalue weighted by molar-refractivity contribution is 5.73. The molecule has 1 heterocycles. The average molecular weight is 573 g/mol. The minimum absolute atomic E-state index is 0.140. The monoisotopic (exact) mass is 572 g/mol. The Morgan fingerprint density at radius 1 is 0.575 bits per heavy atom. The third-order valence-corrected chi connectivity index (χ3v) is 10.5. The number of carbonyl (C=O) groups is 2. The van der Waals surface area contributed by atoms with Gasteiger partial charge in [0.1, 0.15) is 26.3 Å². The van der Waals surface area contributed by atoms with Crippen molar-refractivity contribution in [1.82, 2.24) is 0 Å². The lowest BCUT2D eigenvalue weighted by molar-refractivity contribution is -0.923. The molecule has 2 aliphatic carbocycles. The van der Waals surface area contributed by atoms with Gasteiger partial charge < -0.3 is 18.4 Å². The maximum absolute atomic E-state index is 12.7. The van der Waals surface area contributed by atoms with E-state index in [2.05, 4.69) is 41.5 Å². The zero-order valence-corrected chi connectivity index (χ0v) is 26.0. The number of rotatable bonds is 14. The minimum Gasteiger partial charge on any atom is -0.459 e. The summed E-state index contributed by atoms with van der Waals surface area (Å²) in [4.78, 5) is 48.6. The first-order chi connectivity index (χ1) is 19.2. The summed E-state index contributed by atoms with van der Waals surface area (Å²) in [5.74, 6) is -2.62. The highest BCUT2D eigenvalue weighted by atomic mass is 17.4. The summed E-state index contributed by atoms with van der Waals surface area (Å²) < 4.78 is 13.2. The number of likely N-dealkylation sites (N-methyl/N-ethyl adjacent to an activating group) is 2. The molecule has 0 N–H and O–H groups in total. The molecule has 10 nitrogen and oxygen atoms in total. The second kappa shape index (κ2) is 14.7. The van der Waals surface area contributed by atoms with Gasteiger partial charge in [-0.25, -0.2) is 0 Å². The number of hydrogen-bond acceptors (Lipinski definition) is 8. The fourth-order valence-electron chi connectivity index (χ4n) is 6.46. The minimum atomic E-state index is -1.00. The van der Waals surface area contributed by atoms with E-state index in [0.29, 0.717) is 64.6 Å². The maximum atomic E-state index is 12.7. The standard InChI is InChI=1S/C30H56N2O8/c1-7-31(8-2,9-3)21-23-35-27(33)25-13-17-29(18-14-25)37-39-30(40-38-29)19-15-26(16-20-30)28(34)36-24-22-32(10-4,11-5)12-6/h25-26H,7-24H2,1-6H3/q+2. The topological polar surface area (TPSA) is 89.5 Å². The molecule has 1 saturated heterocycles. The molecule has 0 unspecified atom stereocenters. The fourth-order valence-corrected chi connectivity index (χ4v) is 6.46. The largest absolute Gasteiger partial charge is 0.459 e. The van der Waals surface area contributed by atoms with Gasteiger partial charge in [0.25, 0.3) is 0 Å². The van der Waals surface area contributed by atoms with Crippen molar-refractivity contribution < 1.29 is 47.6 Å². The quantitative estimate of drug-likeness (QED) is 0.171. The second-order valence-electron chi connectivity index (χ2n) is 12.1. The third-order valence-electron chi connectivity index (χ3n) is 10.5. The molecule has 0 aromatic heterocycles. The Kier molecular flexibility index (Phi) is 12.2. The number of carbonyl (C=O) groups excluding carboxylic acids is 2. The molecule has 3 aliphatic rings. The normalized spacial score (nSPS) is 29.4. The molecule has 2 spiro atoms. The van der Waals surface area contributed by atoms with Crippen molar-refractivity contribution in [3.8, 4) is 0 Å². The molecule has 0 amide bonds. The molecule has 0 atom stereocenters. The van der Waals surface area contributed by atoms with Gasteiger partial charge in [-0.2, -0.15) is 19.6 Å². The zero-order valence-electron chi connectivity index (χ0n) is 26.0. The third kappa shape index (κ3) is 7.95. The van der Waals surface area contributed by atoms with Crippen LogP contribution in [0.25, 0.3) is 0 Å². The summed E-state index contributed by atoms with van der Waals surface area (Å²) in [7, 11) is 0. The van der Waals surface area contributed by atoms with Crippen LogP contribution >= 0.6 is 0 Å². The van der Waals surface area contributed by atoms with Gasteiger partial charge in [0.15, 0.2) is 0 Å². The molecule has 3 fully saturated rings. The molecule has 0 aromatic rings. The van der Waals surface area contributed by atoms with E-state index in [-0.39, 0.29) is 23.8 Å². The van der Waals surface area contributed by atoms with Crippen molar-refractivity contribution in [2.75, 3.05) is 65.6 Å². The SMILES string of the molecule is CC[N+](CC)(CC)CCOC(=O)C1CCC2(CC1)OOC1(CCC(C(=O)OCC[N+](CC)(CC)CC)CC1)OO2. The van der Waals surface area contributed by atoms with E-state index < -0.39 is 11.6 Å². The molecule has 10 heteroatoms. The molecule has 0 bridgehead atoms. The van der Waals surface area contributed by atoms with Crippen LogP contribution in [-0.2, 0) is 38.6 Å². The van der Waals surface area contributed by atoms with E-state index in [0.717, 1.165) is 61.3 Å². The molecule has 232 valence electrons. The summed E-state index contributed by atoms with van der Waals surface area (Å²) in [6.45, 7) is 21.9. The fraction of sp³-hybridized carbons (Fsp3) is 0.933. The summed E-state index contributed by atoms with van der Waals surface area (Å²) >= 11 is 0. The number of hydrogen-bond donors (Lipinski definition) is 0. The zero-order chi connectivity index (χ0) is 29.3. The van der Waals surface area contributed by atoms with Crippen LogP contribution < -0.4 is 0 Å². The van der Waals surface area contributed by atoms with Crippen LogP contribution in [0.3, 0.4) is 0 Å². The van der Waals surface area contributed by atoms with Crippen LogP contribution in [0.1, 0.15) is 92.9 Å². The van der Waals surface area contributed by atoms with E-state index in [1.165, 1.54) is 0 Å². The Morgan fingerprint density at radius 2 is 0.850 bits per heavy atom. The Hall–Kier alpha value is -1.30. The van der Waals surface area contributed by atoms with Gasteiger partial charge in [0.05, 0.1) is 51.1 Å². The number of esters is 2. The lowest BCUT2D eigenvalue weighted by Gasteiger charge is -2.47. The summed E-state index contributed by atoms with van der Waals surface area (Å²) in [5.41, 5.74) is 0. The Balaban J connectivity index is 1.37. The van der Waals surface area contributed by atoms with Crippen molar-refractivity contribution in [3.05, 3.63) is 0 Å². The van der Waals surface area contributed by atoms with Crippen molar-refractivity contribution in [2.24, 2.45) is 11.8 Å². The first-order valence-electron chi connectivity index (χ1n) is 15.9. The smallest absolute Gasteiger partial charge is 0.309 e. The lowest BCUT2D eigenvalue weighted by atomic mass is 9.84. The van der Waals surface area contributed by atoms with Crippen LogP contribution in [0.5, 0.6) is 0 Å². The van der Waals surface area contributed by atoms with E-state index >= 15 is 0 Å². The summed E-state index contributed by atoms with van der Waals surface area (Å²) in [6.07, 6.45) is 4.33. The molecule has 40 heavy (non-hydrogen) atoms. The lowest BCUT2D eigenvalue weighted by Crippen LogP contribution is -2.54. The highest BCUT2D eigenvalue weighted by Crippen LogP contribution is 2.46. The molecule has 2 saturated carbocycles. The van der Waals surface area contributed by atoms with Crippen LogP contribution in [0.2, 0.25) is 0 Å².